The third-order valence-electron chi connectivity index (χ3n) is 3.98. The van der Waals surface area contributed by atoms with Gasteiger partial charge in [0, 0.05) is 12.6 Å². The van der Waals surface area contributed by atoms with Gasteiger partial charge in [-0.25, -0.2) is 0 Å². The minimum atomic E-state index is -0.161. The van der Waals surface area contributed by atoms with Gasteiger partial charge in [-0.2, -0.15) is 0 Å². The van der Waals surface area contributed by atoms with Crippen LogP contribution in [0.15, 0.2) is 24.3 Å². The third kappa shape index (κ3) is 4.22. The number of rotatable bonds is 9. The predicted octanol–water partition coefficient (Wildman–Crippen LogP) is 3.42. The molecule has 0 saturated carbocycles. The van der Waals surface area contributed by atoms with E-state index in [4.69, 9.17) is 9.47 Å². The van der Waals surface area contributed by atoms with E-state index >= 15 is 0 Å². The molecule has 1 aromatic rings. The first-order chi connectivity index (χ1) is 9.61. The Labute approximate surface area is 123 Å². The summed E-state index contributed by atoms with van der Waals surface area (Å²) in [5.41, 5.74) is 1.06. The van der Waals surface area contributed by atoms with Crippen LogP contribution in [0.3, 0.4) is 0 Å². The van der Waals surface area contributed by atoms with E-state index in [1.807, 2.05) is 12.1 Å². The highest BCUT2D eigenvalue weighted by molar-refractivity contribution is 5.34. The molecule has 0 aliphatic rings. The first-order valence-corrected chi connectivity index (χ1v) is 7.60. The Balaban J connectivity index is 2.96. The van der Waals surface area contributed by atoms with Gasteiger partial charge in [0.15, 0.2) is 0 Å². The van der Waals surface area contributed by atoms with Gasteiger partial charge in [0.2, 0.25) is 0 Å². The van der Waals surface area contributed by atoms with Crippen molar-refractivity contribution in [3.05, 3.63) is 29.8 Å². The molecule has 1 rings (SSSR count). The largest absolute Gasteiger partial charge is 0.496 e. The fraction of sp³-hybridized carbons (Fsp3) is 0.647. The van der Waals surface area contributed by atoms with Crippen molar-refractivity contribution in [3.8, 4) is 5.75 Å². The van der Waals surface area contributed by atoms with Crippen LogP contribution in [0.4, 0.5) is 0 Å². The lowest BCUT2D eigenvalue weighted by atomic mass is 9.88. The fourth-order valence-corrected chi connectivity index (χ4v) is 2.62. The summed E-state index contributed by atoms with van der Waals surface area (Å²) in [7, 11) is 1.72. The van der Waals surface area contributed by atoms with Crippen molar-refractivity contribution in [2.45, 2.75) is 52.2 Å². The number of ether oxygens (including phenoxy) is 2. The van der Waals surface area contributed by atoms with Gasteiger partial charge in [0.05, 0.1) is 12.7 Å². The summed E-state index contributed by atoms with van der Waals surface area (Å²) in [4.78, 5) is 0. The maximum atomic E-state index is 6.04. The van der Waals surface area contributed by atoms with Crippen molar-refractivity contribution >= 4 is 0 Å². The molecule has 0 spiro atoms. The summed E-state index contributed by atoms with van der Waals surface area (Å²) in [6.07, 6.45) is 1.88. The lowest BCUT2D eigenvalue weighted by Crippen LogP contribution is -2.51. The number of nitrogens with one attached hydrogen (secondary N) is 1. The average molecular weight is 279 g/mol. The summed E-state index contributed by atoms with van der Waals surface area (Å²) >= 11 is 0. The van der Waals surface area contributed by atoms with Gasteiger partial charge in [0.25, 0.3) is 0 Å². The molecule has 0 radical (unpaired) electrons. The Morgan fingerprint density at radius 2 is 1.90 bits per heavy atom. The second kappa shape index (κ2) is 8.28. The number of hydrogen-bond acceptors (Lipinski definition) is 3. The predicted molar refractivity (Wildman–Crippen MR) is 84.5 cm³/mol. The lowest BCUT2D eigenvalue weighted by Gasteiger charge is -2.37. The number of likely N-dealkylation sites (N-methyl/N-ethyl adjacent to an activating group) is 1. The van der Waals surface area contributed by atoms with Crippen molar-refractivity contribution < 1.29 is 9.47 Å². The number of benzene rings is 1. The van der Waals surface area contributed by atoms with Gasteiger partial charge < -0.3 is 14.8 Å². The number of methoxy groups -OCH3 is 1. The Morgan fingerprint density at radius 3 is 2.45 bits per heavy atom. The summed E-state index contributed by atoms with van der Waals surface area (Å²) in [5.74, 6) is 0.949. The normalized spacial score (nSPS) is 15.7. The summed E-state index contributed by atoms with van der Waals surface area (Å²) < 4.78 is 11.5. The van der Waals surface area contributed by atoms with E-state index in [0.717, 1.165) is 31.7 Å². The molecule has 2 unspecified atom stereocenters. The molecule has 0 aromatic heterocycles. The van der Waals surface area contributed by atoms with Crippen LogP contribution in [0.25, 0.3) is 0 Å². The molecule has 0 fully saturated rings. The zero-order chi connectivity index (χ0) is 15.0. The molecule has 0 aliphatic heterocycles. The maximum absolute atomic E-state index is 6.04. The van der Waals surface area contributed by atoms with E-state index in [-0.39, 0.29) is 11.6 Å². The molecule has 3 nitrogen and oxygen atoms in total. The monoisotopic (exact) mass is 279 g/mol. The Kier molecular flexibility index (Phi) is 7.03. The Bertz CT molecular complexity index is 394. The molecule has 2 atom stereocenters. The quantitative estimate of drug-likeness (QED) is 0.751. The molecule has 0 aliphatic carbocycles. The molecule has 114 valence electrons. The first kappa shape index (κ1) is 17.0. The van der Waals surface area contributed by atoms with Gasteiger partial charge in [-0.05, 0) is 44.9 Å². The van der Waals surface area contributed by atoms with Crippen LogP contribution in [-0.2, 0) is 11.2 Å². The van der Waals surface area contributed by atoms with Crippen molar-refractivity contribution in [2.75, 3.05) is 20.3 Å². The molecule has 0 amide bonds. The van der Waals surface area contributed by atoms with Crippen molar-refractivity contribution in [1.29, 1.82) is 0 Å². The van der Waals surface area contributed by atoms with E-state index in [2.05, 4.69) is 45.1 Å². The molecular weight excluding hydrogens is 250 g/mol. The van der Waals surface area contributed by atoms with Gasteiger partial charge in [-0.15, -0.1) is 0 Å². The van der Waals surface area contributed by atoms with E-state index in [1.165, 1.54) is 5.56 Å². The highest BCUT2D eigenvalue weighted by Crippen LogP contribution is 2.26. The highest BCUT2D eigenvalue weighted by atomic mass is 16.5. The smallest absolute Gasteiger partial charge is 0.122 e. The molecular formula is C17H29NO2. The van der Waals surface area contributed by atoms with Gasteiger partial charge in [-0.1, -0.05) is 32.0 Å². The molecule has 0 heterocycles. The van der Waals surface area contributed by atoms with E-state index in [1.54, 1.807) is 7.11 Å². The molecule has 1 N–H and O–H groups in total. The first-order valence-electron chi connectivity index (χ1n) is 7.60. The van der Waals surface area contributed by atoms with Crippen molar-refractivity contribution in [1.82, 2.24) is 5.32 Å². The SMILES string of the molecule is CCNC(Cc1ccccc1OC)C(C)(CC)OCC. The molecule has 3 heteroatoms. The zero-order valence-electron chi connectivity index (χ0n) is 13.5. The molecule has 0 saturated heterocycles. The fourth-order valence-electron chi connectivity index (χ4n) is 2.62. The number of para-hydroxylation sites is 1. The van der Waals surface area contributed by atoms with Gasteiger partial charge in [0.1, 0.15) is 5.75 Å². The van der Waals surface area contributed by atoms with Gasteiger partial charge in [-0.3, -0.25) is 0 Å². The van der Waals surface area contributed by atoms with Crippen molar-refractivity contribution in [2.24, 2.45) is 0 Å². The lowest BCUT2D eigenvalue weighted by molar-refractivity contribution is -0.0547. The minimum Gasteiger partial charge on any atom is -0.496 e. The Hall–Kier alpha value is -1.06. The van der Waals surface area contributed by atoms with Crippen LogP contribution < -0.4 is 10.1 Å². The topological polar surface area (TPSA) is 30.5 Å². The second-order valence-electron chi connectivity index (χ2n) is 5.23. The third-order valence-corrected chi connectivity index (χ3v) is 3.98. The standard InChI is InChI=1S/C17H29NO2/c1-6-17(4,20-8-3)16(18-7-2)13-14-11-9-10-12-15(14)19-5/h9-12,16,18H,6-8,13H2,1-5H3. The van der Waals surface area contributed by atoms with Crippen LogP contribution in [-0.4, -0.2) is 31.9 Å². The van der Waals surface area contributed by atoms with Crippen LogP contribution in [0, 0.1) is 0 Å². The average Bonchev–Trinajstić information content (AvgIpc) is 2.47. The summed E-state index contributed by atoms with van der Waals surface area (Å²) in [6, 6.07) is 8.48. The van der Waals surface area contributed by atoms with Crippen LogP contribution in [0.1, 0.15) is 39.7 Å². The summed E-state index contributed by atoms with van der Waals surface area (Å²) in [5, 5.41) is 3.58. The van der Waals surface area contributed by atoms with Gasteiger partial charge >= 0.3 is 0 Å². The minimum absolute atomic E-state index is 0.161. The second-order valence-corrected chi connectivity index (χ2v) is 5.23. The molecule has 20 heavy (non-hydrogen) atoms. The molecule has 0 bridgehead atoms. The number of hydrogen-bond donors (Lipinski definition) is 1. The van der Waals surface area contributed by atoms with Crippen LogP contribution in [0.5, 0.6) is 5.75 Å². The van der Waals surface area contributed by atoms with E-state index in [9.17, 15) is 0 Å². The Morgan fingerprint density at radius 1 is 1.20 bits per heavy atom. The van der Waals surface area contributed by atoms with Crippen molar-refractivity contribution in [3.63, 3.8) is 0 Å². The summed E-state index contributed by atoms with van der Waals surface area (Å²) in [6.45, 7) is 10.2. The molecule has 1 aromatic carbocycles. The van der Waals surface area contributed by atoms with E-state index < -0.39 is 0 Å². The highest BCUT2D eigenvalue weighted by Gasteiger charge is 2.33. The zero-order valence-corrected chi connectivity index (χ0v) is 13.5. The van der Waals surface area contributed by atoms with E-state index in [0.29, 0.717) is 0 Å². The van der Waals surface area contributed by atoms with Crippen LogP contribution in [0.2, 0.25) is 0 Å². The maximum Gasteiger partial charge on any atom is 0.122 e. The van der Waals surface area contributed by atoms with Crippen LogP contribution >= 0.6 is 0 Å².